The van der Waals surface area contributed by atoms with Gasteiger partial charge in [-0.15, -0.1) is 0 Å². The predicted molar refractivity (Wildman–Crippen MR) is 440 cm³/mol. The highest BCUT2D eigenvalue weighted by Crippen LogP contribution is 2.57. The summed E-state index contributed by atoms with van der Waals surface area (Å²) in [5.41, 5.74) is -0.814. The molecule has 0 spiro atoms. The number of carbonyl (C=O) groups is 4. The van der Waals surface area contributed by atoms with E-state index in [2.05, 4.69) is 180 Å². The Hall–Kier alpha value is -0.960. The summed E-state index contributed by atoms with van der Waals surface area (Å²) < 4.78 is 45.5. The zero-order valence-electron chi connectivity index (χ0n) is 68.3. The molecule has 8 N–H and O–H groups in total. The third-order valence-electron chi connectivity index (χ3n) is 10.4. The number of hydrogen-bond donors (Lipinski definition) is 8. The Kier molecular flexibility index (Phi) is 82.9. The van der Waals surface area contributed by atoms with Crippen LogP contribution < -0.4 is 31.9 Å². The van der Waals surface area contributed by atoms with E-state index in [4.69, 9.17) is 103 Å². The molecule has 4 amide bonds. The van der Waals surface area contributed by atoms with E-state index in [0.29, 0.717) is 111 Å². The Morgan fingerprint density at radius 3 is 0.871 bits per heavy atom. The van der Waals surface area contributed by atoms with Crippen molar-refractivity contribution in [3.8, 4) is 0 Å². The third-order valence-corrected chi connectivity index (χ3v) is 17.6. The fourth-order valence-electron chi connectivity index (χ4n) is 8.25. The summed E-state index contributed by atoms with van der Waals surface area (Å²) in [5, 5.41) is 32.9. The van der Waals surface area contributed by atoms with Gasteiger partial charge in [-0.25, -0.2) is 23.8 Å². The number of nitrogens with zero attached hydrogens (tertiary/aromatic N) is 2. The van der Waals surface area contributed by atoms with Gasteiger partial charge in [-0.3, -0.25) is 4.98 Å². The van der Waals surface area contributed by atoms with Crippen LogP contribution in [0.2, 0.25) is 0 Å². The SMILES string of the molecule is C.CC(C)(C)OC(=O)NCCO.CC(C)(C)OC(=O)NCCOP(Cl)Cl.CC(C)C(C(C)C)P(OCCNC(=O)OC(C)(C)C)C(C(C)C)C(C)C.CC(C)NC(C)C.CC(C)NC(C)C.CCO.CCOP(OCCNC(=O)OC(C)(C)C)N(C(C)C)C(C)C.ClP(Cl)Cl.c1ccncc1. The number of carbonyl (C=O) groups excluding carboxylic acids is 4. The smallest absolute Gasteiger partial charge is 0.407 e. The summed E-state index contributed by atoms with van der Waals surface area (Å²) >= 11 is 25.3. The average Bonchev–Trinajstić information content (AvgIpc) is 0.830. The van der Waals surface area contributed by atoms with Crippen LogP contribution in [-0.4, -0.2) is 180 Å². The van der Waals surface area contributed by atoms with Gasteiger partial charge in [0.05, 0.1) is 33.0 Å². The summed E-state index contributed by atoms with van der Waals surface area (Å²) in [5.74, 6) is 1.13. The van der Waals surface area contributed by atoms with Crippen LogP contribution >= 0.6 is 85.7 Å². The highest BCUT2D eigenvalue weighted by atomic mass is 36.0. The first-order valence-electron chi connectivity index (χ1n) is 34.8. The van der Waals surface area contributed by atoms with Crippen molar-refractivity contribution in [3.63, 3.8) is 0 Å². The van der Waals surface area contributed by atoms with E-state index in [0.717, 1.165) is 0 Å². The summed E-state index contributed by atoms with van der Waals surface area (Å²) in [7, 11) is -1.71. The van der Waals surface area contributed by atoms with Crippen LogP contribution in [-0.2, 0) is 37.0 Å². The minimum atomic E-state index is -1.41. The van der Waals surface area contributed by atoms with Crippen molar-refractivity contribution in [1.82, 2.24) is 41.6 Å². The van der Waals surface area contributed by atoms with Crippen LogP contribution in [0.4, 0.5) is 19.2 Å². The van der Waals surface area contributed by atoms with E-state index in [9.17, 15) is 19.2 Å². The molecule has 0 aromatic carbocycles. The quantitative estimate of drug-likeness (QED) is 0.0210. The van der Waals surface area contributed by atoms with Gasteiger partial charge in [0.25, 0.3) is 8.53 Å². The van der Waals surface area contributed by atoms with Gasteiger partial charge in [-0.1, -0.05) is 158 Å². The minimum absolute atomic E-state index is 0. The van der Waals surface area contributed by atoms with Crippen molar-refractivity contribution in [1.29, 1.82) is 0 Å². The van der Waals surface area contributed by atoms with Crippen LogP contribution in [0.5, 0.6) is 0 Å². The van der Waals surface area contributed by atoms with Crippen molar-refractivity contribution in [2.24, 2.45) is 23.7 Å². The lowest BCUT2D eigenvalue weighted by molar-refractivity contribution is 0.0507. The second-order valence-electron chi connectivity index (χ2n) is 29.2. The molecular weight excluding hydrogens is 1480 g/mol. The molecule has 1 rings (SSSR count). The number of aliphatic hydroxyl groups is 2. The van der Waals surface area contributed by atoms with Crippen molar-refractivity contribution in [2.75, 3.05) is 65.8 Å². The Labute approximate surface area is 647 Å². The Morgan fingerprint density at radius 2 is 0.693 bits per heavy atom. The molecular formula is C70H151Cl5N8O14P4. The first kappa shape index (κ1) is 118. The second kappa shape index (κ2) is 70.7. The maximum absolute atomic E-state index is 11.8. The molecule has 0 saturated heterocycles. The standard InChI is InChI=1S/C21H44NO3P.C15H33N2O4P.C7H14Cl2NO3P.C7H15NO3.2C6H15N.C5H5N.C2H6O.CH4.Cl3P/c1-14(2)18(15(3)4)26(19(16(5)6)17(7)8)24-13-12-22-20(23)25-21(9,10)11;1-9-19-22(17(12(2)3)13(4)5)20-11-10-16-14(18)21-15(6,7)8;1-7(2,3)13-6(11)10-4-5-12-14(8)9;1-7(2,3)11-6(10)8-4-5-9;2*1-5(2)7-6(3)4;1-2-4-6-5-3-1;1-2-3;;1-4(2)3/h14-19H,12-13H2,1-11H3,(H,22,23);12-13H,9-11H2,1-8H3,(H,16,18);4-5H2,1-3H3,(H,10,11);9H,4-5H2,1-3H3,(H,8,10);2*5-7H,1-4H3;1-5H;3H,2H2,1H3;1H4;. The molecule has 101 heavy (non-hydrogen) atoms. The lowest BCUT2D eigenvalue weighted by Gasteiger charge is -2.41. The number of hydrogen-bond acceptors (Lipinski definition) is 18. The topological polar surface area (TPSA) is 271 Å². The van der Waals surface area contributed by atoms with Crippen LogP contribution in [0.25, 0.3) is 0 Å². The van der Waals surface area contributed by atoms with E-state index in [-0.39, 0.29) is 39.9 Å². The molecule has 0 bridgehead atoms. The number of aromatic nitrogens is 1. The van der Waals surface area contributed by atoms with Gasteiger partial charge in [0.1, 0.15) is 22.4 Å². The van der Waals surface area contributed by atoms with Crippen LogP contribution in [0.3, 0.4) is 0 Å². The molecule has 22 nitrogen and oxygen atoms in total. The maximum Gasteiger partial charge on any atom is 0.407 e. The van der Waals surface area contributed by atoms with E-state index < -0.39 is 70.2 Å². The molecule has 1 atom stereocenters. The molecule has 31 heteroatoms. The van der Waals surface area contributed by atoms with Crippen LogP contribution in [0, 0.1) is 23.7 Å². The molecule has 1 unspecified atom stereocenters. The monoisotopic (exact) mass is 1630 g/mol. The fourth-order valence-corrected chi connectivity index (χ4v) is 13.9. The van der Waals surface area contributed by atoms with Gasteiger partial charge in [0.2, 0.25) is 6.85 Å². The Bertz CT molecular complexity index is 1920. The number of aliphatic hydroxyl groups excluding tert-OH is 2. The van der Waals surface area contributed by atoms with Crippen molar-refractivity contribution < 1.29 is 66.4 Å². The number of amides is 4. The number of pyridine rings is 1. The second-order valence-corrected chi connectivity index (χ2v) is 40.8. The van der Waals surface area contributed by atoms with E-state index in [1.54, 1.807) is 60.9 Å². The first-order valence-corrected chi connectivity index (χ1v) is 44.4. The lowest BCUT2D eigenvalue weighted by Crippen LogP contribution is -2.36. The molecule has 0 aliphatic heterocycles. The fraction of sp³-hybridized carbons (Fsp3) is 0.871. The average molecular weight is 1630 g/mol. The van der Waals surface area contributed by atoms with Crippen molar-refractivity contribution >= 4 is 110 Å². The van der Waals surface area contributed by atoms with Gasteiger partial charge < -0.3 is 79.2 Å². The van der Waals surface area contributed by atoms with Crippen LogP contribution in [0.15, 0.2) is 30.6 Å². The largest absolute Gasteiger partial charge is 0.444 e. The molecule has 0 aliphatic carbocycles. The summed E-state index contributed by atoms with van der Waals surface area (Å²) in [6.45, 7) is 71.6. The third kappa shape index (κ3) is 99.0. The molecule has 0 aliphatic rings. The van der Waals surface area contributed by atoms with E-state index >= 15 is 0 Å². The molecule has 610 valence electrons. The number of halogens is 5. The summed E-state index contributed by atoms with van der Waals surface area (Å²) in [6.07, 6.45) is 1.72. The maximum atomic E-state index is 11.8. The van der Waals surface area contributed by atoms with Crippen LogP contribution in [0.1, 0.15) is 243 Å². The molecule has 1 aromatic rings. The number of ether oxygens (including phenoxy) is 4. The molecule has 1 aromatic heterocycles. The highest BCUT2D eigenvalue weighted by molar-refractivity contribution is 8.20. The molecule has 0 radical (unpaired) electrons. The van der Waals surface area contributed by atoms with Crippen molar-refractivity contribution in [3.05, 3.63) is 30.6 Å². The normalized spacial score (nSPS) is 11.7. The summed E-state index contributed by atoms with van der Waals surface area (Å²) in [6, 6.07) is 8.88. The molecule has 1 heterocycles. The minimum Gasteiger partial charge on any atom is -0.444 e. The zero-order chi connectivity index (χ0) is 80.3. The number of nitrogens with one attached hydrogen (secondary N) is 6. The molecule has 0 fully saturated rings. The van der Waals surface area contributed by atoms with Crippen molar-refractivity contribution in [2.45, 2.75) is 313 Å². The zero-order valence-corrected chi connectivity index (χ0v) is 75.6. The predicted octanol–water partition coefficient (Wildman–Crippen LogP) is 21.4. The van der Waals surface area contributed by atoms with Gasteiger partial charge in [-0.2, -0.15) is 0 Å². The van der Waals surface area contributed by atoms with Gasteiger partial charge in [0.15, 0.2) is 5.98 Å². The van der Waals surface area contributed by atoms with E-state index in [1.165, 1.54) is 0 Å². The Balaban J connectivity index is -0.000000145. The van der Waals surface area contributed by atoms with Gasteiger partial charge in [0, 0.05) is 101 Å². The first-order chi connectivity index (χ1) is 45.5. The number of rotatable bonds is 29. The summed E-state index contributed by atoms with van der Waals surface area (Å²) in [4.78, 5) is 49.0. The molecule has 0 saturated carbocycles. The lowest BCUT2D eigenvalue weighted by atomic mass is 9.99. The highest BCUT2D eigenvalue weighted by Gasteiger charge is 2.38. The van der Waals surface area contributed by atoms with Gasteiger partial charge in [-0.05, 0) is 183 Å². The Morgan fingerprint density at radius 1 is 0.436 bits per heavy atom. The van der Waals surface area contributed by atoms with Gasteiger partial charge >= 0.3 is 24.4 Å². The number of alkyl carbamates (subject to hydrolysis) is 4. The van der Waals surface area contributed by atoms with E-state index in [1.807, 2.05) is 66.7 Å².